The van der Waals surface area contributed by atoms with Gasteiger partial charge in [-0.2, -0.15) is 0 Å². The number of nitrogens with zero attached hydrogens (tertiary/aromatic N) is 1. The number of aryl methyl sites for hydroxylation is 1. The van der Waals surface area contributed by atoms with E-state index >= 15 is 0 Å². The summed E-state index contributed by atoms with van der Waals surface area (Å²) in [6.07, 6.45) is 0.527. The summed E-state index contributed by atoms with van der Waals surface area (Å²) in [5, 5.41) is 0.434. The predicted molar refractivity (Wildman–Crippen MR) is 76.5 cm³/mol. The lowest BCUT2D eigenvalue weighted by molar-refractivity contribution is 0.600. The molecule has 20 heavy (non-hydrogen) atoms. The van der Waals surface area contributed by atoms with Gasteiger partial charge in [0.25, 0.3) is 15.6 Å². The van der Waals surface area contributed by atoms with Crippen LogP contribution >= 0.6 is 11.6 Å². The largest absolute Gasteiger partial charge is 0.292 e. The molecule has 2 N–H and O–H groups in total. The zero-order valence-corrected chi connectivity index (χ0v) is 12.1. The van der Waals surface area contributed by atoms with Gasteiger partial charge < -0.3 is 0 Å². The maximum atomic E-state index is 12.1. The molecule has 1 aromatic heterocycles. The van der Waals surface area contributed by atoms with Crippen molar-refractivity contribution in [3.8, 4) is 0 Å². The number of sulfonamides is 1. The van der Waals surface area contributed by atoms with Gasteiger partial charge in [0.1, 0.15) is 0 Å². The van der Waals surface area contributed by atoms with E-state index < -0.39 is 15.6 Å². The molecule has 0 unspecified atom stereocenters. The lowest BCUT2D eigenvalue weighted by Gasteiger charge is -2.07. The Bertz CT molecular complexity index is 769. The molecule has 0 fully saturated rings. The smallest absolute Gasteiger partial charge is 0.264 e. The van der Waals surface area contributed by atoms with E-state index in [1.807, 2.05) is 6.92 Å². The van der Waals surface area contributed by atoms with E-state index in [-0.39, 0.29) is 10.8 Å². The number of aromatic amines is 1. The topological polar surface area (TPSA) is 91.9 Å². The standard InChI is InChI=1S/C12H12ClN3O3S/c1-2-9-7-11(17)15-12(14-9)16-20(18,19)10-5-3-8(13)4-6-10/h3-7H,2H2,1H3,(H2,14,15,16,17). The third-order valence-electron chi connectivity index (χ3n) is 2.51. The summed E-state index contributed by atoms with van der Waals surface area (Å²) in [6, 6.07) is 6.99. The van der Waals surface area contributed by atoms with Crippen molar-refractivity contribution in [2.24, 2.45) is 0 Å². The number of aromatic nitrogens is 2. The number of H-pyrrole nitrogens is 1. The maximum Gasteiger partial charge on any atom is 0.264 e. The number of hydrogen-bond donors (Lipinski definition) is 2. The quantitative estimate of drug-likeness (QED) is 0.900. The van der Waals surface area contributed by atoms with Crippen molar-refractivity contribution in [1.29, 1.82) is 0 Å². The second-order valence-corrected chi connectivity index (χ2v) is 6.12. The second kappa shape index (κ2) is 5.64. The van der Waals surface area contributed by atoms with Gasteiger partial charge in [-0.05, 0) is 30.7 Å². The van der Waals surface area contributed by atoms with Crippen LogP contribution in [0.25, 0.3) is 0 Å². The van der Waals surface area contributed by atoms with Crippen LogP contribution in [-0.4, -0.2) is 18.4 Å². The van der Waals surface area contributed by atoms with Gasteiger partial charge in [-0.25, -0.2) is 18.1 Å². The van der Waals surface area contributed by atoms with Crippen molar-refractivity contribution in [3.05, 3.63) is 51.4 Å². The molecule has 2 rings (SSSR count). The Hall–Kier alpha value is -1.86. The SMILES string of the molecule is CCc1cc(=O)[nH]c(NS(=O)(=O)c2ccc(Cl)cc2)n1. The van der Waals surface area contributed by atoms with E-state index in [9.17, 15) is 13.2 Å². The molecule has 0 saturated heterocycles. The van der Waals surface area contributed by atoms with Crippen molar-refractivity contribution in [1.82, 2.24) is 9.97 Å². The first-order valence-electron chi connectivity index (χ1n) is 5.79. The average molecular weight is 314 g/mol. The molecule has 0 radical (unpaired) electrons. The Kier molecular flexibility index (Phi) is 4.10. The summed E-state index contributed by atoms with van der Waals surface area (Å²) in [4.78, 5) is 17.8. The van der Waals surface area contributed by atoms with Gasteiger partial charge in [0.2, 0.25) is 5.95 Å². The molecule has 0 aliphatic heterocycles. The molecule has 0 spiro atoms. The van der Waals surface area contributed by atoms with Crippen molar-refractivity contribution >= 4 is 27.6 Å². The molecule has 2 aromatic rings. The first-order chi connectivity index (χ1) is 9.40. The Morgan fingerprint density at radius 1 is 1.30 bits per heavy atom. The third kappa shape index (κ3) is 3.37. The Balaban J connectivity index is 2.35. The minimum Gasteiger partial charge on any atom is -0.292 e. The summed E-state index contributed by atoms with van der Waals surface area (Å²) in [7, 11) is -3.81. The molecule has 106 valence electrons. The number of benzene rings is 1. The summed E-state index contributed by atoms with van der Waals surface area (Å²) in [5.74, 6) is -0.107. The van der Waals surface area contributed by atoms with Crippen LogP contribution in [0.15, 0.2) is 40.0 Å². The molecule has 6 nitrogen and oxygen atoms in total. The highest BCUT2D eigenvalue weighted by Gasteiger charge is 2.15. The Morgan fingerprint density at radius 2 is 1.95 bits per heavy atom. The van der Waals surface area contributed by atoms with Gasteiger partial charge in [-0.1, -0.05) is 18.5 Å². The van der Waals surface area contributed by atoms with E-state index in [0.717, 1.165) is 0 Å². The highest BCUT2D eigenvalue weighted by atomic mass is 35.5. The van der Waals surface area contributed by atoms with Gasteiger partial charge in [-0.15, -0.1) is 0 Å². The van der Waals surface area contributed by atoms with Gasteiger partial charge >= 0.3 is 0 Å². The molecular formula is C12H12ClN3O3S. The zero-order valence-electron chi connectivity index (χ0n) is 10.6. The highest BCUT2D eigenvalue weighted by molar-refractivity contribution is 7.92. The lowest BCUT2D eigenvalue weighted by Crippen LogP contribution is -2.19. The van der Waals surface area contributed by atoms with E-state index in [1.165, 1.54) is 30.3 Å². The molecule has 1 aromatic carbocycles. The van der Waals surface area contributed by atoms with E-state index in [2.05, 4.69) is 14.7 Å². The Morgan fingerprint density at radius 3 is 2.55 bits per heavy atom. The van der Waals surface area contributed by atoms with Gasteiger partial charge in [0.15, 0.2) is 0 Å². The van der Waals surface area contributed by atoms with Gasteiger partial charge in [-0.3, -0.25) is 9.78 Å². The molecule has 1 heterocycles. The number of anilines is 1. The van der Waals surface area contributed by atoms with Gasteiger partial charge in [0, 0.05) is 16.8 Å². The zero-order chi connectivity index (χ0) is 14.8. The molecule has 0 amide bonds. The number of rotatable bonds is 4. The normalized spacial score (nSPS) is 11.3. The van der Waals surface area contributed by atoms with Crippen LogP contribution in [0.4, 0.5) is 5.95 Å². The highest BCUT2D eigenvalue weighted by Crippen LogP contribution is 2.16. The van der Waals surface area contributed by atoms with Crippen LogP contribution in [0.3, 0.4) is 0 Å². The lowest BCUT2D eigenvalue weighted by atomic mass is 10.3. The van der Waals surface area contributed by atoms with Crippen molar-refractivity contribution in [2.45, 2.75) is 18.2 Å². The third-order valence-corrected chi connectivity index (χ3v) is 4.12. The van der Waals surface area contributed by atoms with Crippen LogP contribution in [-0.2, 0) is 16.4 Å². The van der Waals surface area contributed by atoms with Crippen molar-refractivity contribution < 1.29 is 8.42 Å². The van der Waals surface area contributed by atoms with Crippen LogP contribution in [0.2, 0.25) is 5.02 Å². The predicted octanol–water partition coefficient (Wildman–Crippen LogP) is 1.79. The molecule has 0 aliphatic carbocycles. The summed E-state index contributed by atoms with van der Waals surface area (Å²) >= 11 is 5.71. The van der Waals surface area contributed by atoms with E-state index in [1.54, 1.807) is 0 Å². The fourth-order valence-electron chi connectivity index (χ4n) is 1.54. The number of halogens is 1. The second-order valence-electron chi connectivity index (χ2n) is 4.00. The van der Waals surface area contributed by atoms with Gasteiger partial charge in [0.05, 0.1) is 4.90 Å². The summed E-state index contributed by atoms with van der Waals surface area (Å²) < 4.78 is 26.4. The van der Waals surface area contributed by atoms with Crippen molar-refractivity contribution in [2.75, 3.05) is 4.72 Å². The monoisotopic (exact) mass is 313 g/mol. The number of hydrogen-bond acceptors (Lipinski definition) is 4. The molecule has 8 heteroatoms. The van der Waals surface area contributed by atoms with Crippen LogP contribution in [0.1, 0.15) is 12.6 Å². The fourth-order valence-corrected chi connectivity index (χ4v) is 2.63. The summed E-state index contributed by atoms with van der Waals surface area (Å²) in [6.45, 7) is 1.82. The minimum absolute atomic E-state index is 0.0338. The minimum atomic E-state index is -3.81. The van der Waals surface area contributed by atoms with Crippen molar-refractivity contribution in [3.63, 3.8) is 0 Å². The Labute approximate surface area is 120 Å². The summed E-state index contributed by atoms with van der Waals surface area (Å²) in [5.41, 5.74) is 0.0909. The van der Waals surface area contributed by atoms with Crippen LogP contribution in [0, 0.1) is 0 Å². The van der Waals surface area contributed by atoms with Crippen LogP contribution < -0.4 is 10.3 Å². The molecular weight excluding hydrogens is 302 g/mol. The molecule has 0 atom stereocenters. The molecule has 0 saturated carbocycles. The molecule has 0 aliphatic rings. The fraction of sp³-hybridized carbons (Fsp3) is 0.167. The first kappa shape index (κ1) is 14.5. The molecule has 0 bridgehead atoms. The average Bonchev–Trinajstić information content (AvgIpc) is 2.37. The maximum absolute atomic E-state index is 12.1. The first-order valence-corrected chi connectivity index (χ1v) is 7.65. The van der Waals surface area contributed by atoms with E-state index in [0.29, 0.717) is 17.1 Å². The van der Waals surface area contributed by atoms with E-state index in [4.69, 9.17) is 11.6 Å². The number of nitrogens with one attached hydrogen (secondary N) is 2. The van der Waals surface area contributed by atoms with Crippen LogP contribution in [0.5, 0.6) is 0 Å².